The molecule has 1 rings (SSSR count). The number of alkyl halides is 3. The van der Waals surface area contributed by atoms with E-state index in [-0.39, 0.29) is 24.5 Å². The summed E-state index contributed by atoms with van der Waals surface area (Å²) in [6.45, 7) is 7.44. The SMILES string of the molecule is C=C(C)COC(C)C(=O)C1CCC(C(F)(F)F)CC1. The lowest BCUT2D eigenvalue weighted by atomic mass is 9.79. The predicted molar refractivity (Wildman–Crippen MR) is 66.7 cm³/mol. The quantitative estimate of drug-likeness (QED) is 0.713. The van der Waals surface area contributed by atoms with Crippen LogP contribution in [0.4, 0.5) is 13.2 Å². The molecule has 0 spiro atoms. The zero-order chi connectivity index (χ0) is 14.6. The van der Waals surface area contributed by atoms with Crippen LogP contribution in [-0.2, 0) is 9.53 Å². The van der Waals surface area contributed by atoms with E-state index in [0.29, 0.717) is 19.4 Å². The number of hydrogen-bond acceptors (Lipinski definition) is 2. The lowest BCUT2D eigenvalue weighted by molar-refractivity contribution is -0.185. The van der Waals surface area contributed by atoms with Crippen LogP contribution in [0, 0.1) is 11.8 Å². The van der Waals surface area contributed by atoms with Gasteiger partial charge in [0.05, 0.1) is 12.5 Å². The summed E-state index contributed by atoms with van der Waals surface area (Å²) >= 11 is 0. The van der Waals surface area contributed by atoms with Crippen molar-refractivity contribution in [3.05, 3.63) is 12.2 Å². The Bertz CT molecular complexity index is 328. The van der Waals surface area contributed by atoms with Crippen molar-refractivity contribution in [1.29, 1.82) is 0 Å². The monoisotopic (exact) mass is 278 g/mol. The van der Waals surface area contributed by atoms with Gasteiger partial charge in [-0.05, 0) is 39.5 Å². The van der Waals surface area contributed by atoms with Gasteiger partial charge in [-0.25, -0.2) is 0 Å². The molecular formula is C14H21F3O2. The fourth-order valence-corrected chi connectivity index (χ4v) is 2.39. The topological polar surface area (TPSA) is 26.3 Å². The number of rotatable bonds is 5. The highest BCUT2D eigenvalue weighted by molar-refractivity contribution is 5.85. The third-order valence-corrected chi connectivity index (χ3v) is 3.57. The minimum atomic E-state index is -4.13. The smallest absolute Gasteiger partial charge is 0.366 e. The third kappa shape index (κ3) is 4.97. The van der Waals surface area contributed by atoms with Gasteiger partial charge in [-0.15, -0.1) is 0 Å². The van der Waals surface area contributed by atoms with Gasteiger partial charge in [0, 0.05) is 5.92 Å². The molecule has 19 heavy (non-hydrogen) atoms. The van der Waals surface area contributed by atoms with Crippen LogP contribution < -0.4 is 0 Å². The van der Waals surface area contributed by atoms with Crippen LogP contribution in [0.2, 0.25) is 0 Å². The summed E-state index contributed by atoms with van der Waals surface area (Å²) in [7, 11) is 0. The molecular weight excluding hydrogens is 257 g/mol. The Balaban J connectivity index is 2.42. The molecule has 1 aliphatic carbocycles. The number of ether oxygens (including phenoxy) is 1. The fraction of sp³-hybridized carbons (Fsp3) is 0.786. The van der Waals surface area contributed by atoms with Gasteiger partial charge >= 0.3 is 6.18 Å². The van der Waals surface area contributed by atoms with E-state index in [1.165, 1.54) is 0 Å². The molecule has 0 saturated heterocycles. The second-order valence-electron chi connectivity index (χ2n) is 5.40. The maximum Gasteiger partial charge on any atom is 0.391 e. The van der Waals surface area contributed by atoms with Gasteiger partial charge in [-0.2, -0.15) is 13.2 Å². The molecule has 0 amide bonds. The number of Topliss-reactive ketones (excluding diaryl/α,β-unsaturated/α-hetero) is 1. The zero-order valence-electron chi connectivity index (χ0n) is 11.4. The average molecular weight is 278 g/mol. The van der Waals surface area contributed by atoms with Gasteiger partial charge in [0.25, 0.3) is 0 Å². The second kappa shape index (κ2) is 6.55. The highest BCUT2D eigenvalue weighted by Gasteiger charge is 2.42. The molecule has 1 fully saturated rings. The summed E-state index contributed by atoms with van der Waals surface area (Å²) in [6.07, 6.45) is -3.98. The van der Waals surface area contributed by atoms with Crippen molar-refractivity contribution in [2.75, 3.05) is 6.61 Å². The van der Waals surface area contributed by atoms with E-state index in [2.05, 4.69) is 6.58 Å². The molecule has 1 saturated carbocycles. The van der Waals surface area contributed by atoms with Gasteiger partial charge in [-0.3, -0.25) is 4.79 Å². The molecule has 0 radical (unpaired) electrons. The summed E-state index contributed by atoms with van der Waals surface area (Å²) in [4.78, 5) is 12.0. The largest absolute Gasteiger partial charge is 0.391 e. The third-order valence-electron chi connectivity index (χ3n) is 3.57. The Hall–Kier alpha value is -0.840. The standard InChI is InChI=1S/C14H21F3O2/c1-9(2)8-19-10(3)13(18)11-4-6-12(7-5-11)14(15,16)17/h10-12H,1,4-8H2,2-3H3. The van der Waals surface area contributed by atoms with Crippen LogP contribution in [0.3, 0.4) is 0 Å². The Morgan fingerprint density at radius 1 is 1.32 bits per heavy atom. The highest BCUT2D eigenvalue weighted by atomic mass is 19.4. The van der Waals surface area contributed by atoms with Crippen molar-refractivity contribution in [2.24, 2.45) is 11.8 Å². The van der Waals surface area contributed by atoms with Gasteiger partial charge in [0.15, 0.2) is 5.78 Å². The normalized spacial score (nSPS) is 25.9. The molecule has 1 atom stereocenters. The zero-order valence-corrected chi connectivity index (χ0v) is 11.4. The van der Waals surface area contributed by atoms with Gasteiger partial charge in [0.1, 0.15) is 6.10 Å². The summed E-state index contributed by atoms with van der Waals surface area (Å²) in [6, 6.07) is 0. The lowest BCUT2D eigenvalue weighted by Gasteiger charge is -2.30. The van der Waals surface area contributed by atoms with E-state index in [1.807, 2.05) is 0 Å². The number of carbonyl (C=O) groups is 1. The molecule has 0 heterocycles. The molecule has 0 aliphatic heterocycles. The van der Waals surface area contributed by atoms with Crippen LogP contribution in [-0.4, -0.2) is 24.7 Å². The number of halogens is 3. The molecule has 0 N–H and O–H groups in total. The van der Waals surface area contributed by atoms with Crippen molar-refractivity contribution in [2.45, 2.75) is 51.8 Å². The van der Waals surface area contributed by atoms with Crippen LogP contribution in [0.1, 0.15) is 39.5 Å². The minimum Gasteiger partial charge on any atom is -0.366 e. The Kier molecular flexibility index (Phi) is 5.59. The van der Waals surface area contributed by atoms with Crippen LogP contribution >= 0.6 is 0 Å². The second-order valence-corrected chi connectivity index (χ2v) is 5.40. The highest BCUT2D eigenvalue weighted by Crippen LogP contribution is 2.40. The number of hydrogen-bond donors (Lipinski definition) is 0. The van der Waals surface area contributed by atoms with Crippen molar-refractivity contribution < 1.29 is 22.7 Å². The fourth-order valence-electron chi connectivity index (χ4n) is 2.39. The average Bonchev–Trinajstić information content (AvgIpc) is 2.34. The van der Waals surface area contributed by atoms with E-state index >= 15 is 0 Å². The van der Waals surface area contributed by atoms with Crippen molar-refractivity contribution in [3.8, 4) is 0 Å². The van der Waals surface area contributed by atoms with E-state index in [4.69, 9.17) is 4.74 Å². The predicted octanol–water partition coefficient (Wildman–Crippen LogP) is 3.91. The van der Waals surface area contributed by atoms with Crippen LogP contribution in [0.5, 0.6) is 0 Å². The Labute approximate surface area is 112 Å². The van der Waals surface area contributed by atoms with Crippen LogP contribution in [0.25, 0.3) is 0 Å². The molecule has 0 bridgehead atoms. The maximum absolute atomic E-state index is 12.5. The first-order valence-electron chi connectivity index (χ1n) is 6.58. The molecule has 110 valence electrons. The lowest BCUT2D eigenvalue weighted by Crippen LogP contribution is -2.34. The van der Waals surface area contributed by atoms with Crippen molar-refractivity contribution in [3.63, 3.8) is 0 Å². The van der Waals surface area contributed by atoms with Gasteiger partial charge in [-0.1, -0.05) is 12.2 Å². The summed E-state index contributed by atoms with van der Waals surface area (Å²) in [5.74, 6) is -1.62. The van der Waals surface area contributed by atoms with Gasteiger partial charge in [0.2, 0.25) is 0 Å². The number of carbonyl (C=O) groups excluding carboxylic acids is 1. The molecule has 0 aromatic carbocycles. The van der Waals surface area contributed by atoms with E-state index in [9.17, 15) is 18.0 Å². The molecule has 0 aromatic rings. The van der Waals surface area contributed by atoms with Crippen LogP contribution in [0.15, 0.2) is 12.2 Å². The molecule has 1 unspecified atom stereocenters. The number of ketones is 1. The summed E-state index contributed by atoms with van der Waals surface area (Å²) < 4.78 is 42.9. The maximum atomic E-state index is 12.5. The Morgan fingerprint density at radius 3 is 2.26 bits per heavy atom. The minimum absolute atomic E-state index is 0.0487. The first kappa shape index (κ1) is 16.2. The Morgan fingerprint density at radius 2 is 1.84 bits per heavy atom. The summed E-state index contributed by atoms with van der Waals surface area (Å²) in [5.41, 5.74) is 0.820. The summed E-state index contributed by atoms with van der Waals surface area (Å²) in [5, 5.41) is 0. The van der Waals surface area contributed by atoms with Crippen molar-refractivity contribution in [1.82, 2.24) is 0 Å². The molecule has 0 aromatic heterocycles. The van der Waals surface area contributed by atoms with Gasteiger partial charge < -0.3 is 4.74 Å². The van der Waals surface area contributed by atoms with E-state index < -0.39 is 18.2 Å². The van der Waals surface area contributed by atoms with E-state index in [0.717, 1.165) is 5.57 Å². The molecule has 1 aliphatic rings. The van der Waals surface area contributed by atoms with E-state index in [1.54, 1.807) is 13.8 Å². The molecule has 5 heteroatoms. The first-order valence-corrected chi connectivity index (χ1v) is 6.58. The molecule has 2 nitrogen and oxygen atoms in total. The van der Waals surface area contributed by atoms with Crippen molar-refractivity contribution >= 4 is 5.78 Å². The first-order chi connectivity index (χ1) is 8.71.